The second-order valence-electron chi connectivity index (χ2n) is 7.66. The second-order valence-corrected chi connectivity index (χ2v) is 7.66. The summed E-state index contributed by atoms with van der Waals surface area (Å²) in [6, 6.07) is 7.80. The van der Waals surface area contributed by atoms with Crippen molar-refractivity contribution in [3.8, 4) is 0 Å². The van der Waals surface area contributed by atoms with Gasteiger partial charge in [-0.25, -0.2) is 0 Å². The third-order valence-electron chi connectivity index (χ3n) is 5.42. The van der Waals surface area contributed by atoms with Crippen LogP contribution in [0.3, 0.4) is 0 Å². The van der Waals surface area contributed by atoms with Crippen LogP contribution >= 0.6 is 0 Å². The number of hydrogen-bond acceptors (Lipinski definition) is 4. The van der Waals surface area contributed by atoms with Crippen molar-refractivity contribution in [1.29, 1.82) is 0 Å². The van der Waals surface area contributed by atoms with E-state index in [1.807, 2.05) is 31.2 Å². The fraction of sp³-hybridized carbons (Fsp3) is 0.571. The highest BCUT2D eigenvalue weighted by Crippen LogP contribution is 2.26. The van der Waals surface area contributed by atoms with Crippen LogP contribution in [0.15, 0.2) is 24.3 Å². The molecule has 2 amide bonds. The number of hydrogen-bond donors (Lipinski definition) is 1. The summed E-state index contributed by atoms with van der Waals surface area (Å²) in [6.07, 6.45) is 4.69. The van der Waals surface area contributed by atoms with E-state index < -0.39 is 18.0 Å². The summed E-state index contributed by atoms with van der Waals surface area (Å²) in [5.41, 5.74) is 1.89. The Labute approximate surface area is 160 Å². The minimum Gasteiger partial charge on any atom is -0.452 e. The standard InChI is InChI=1S/C21H28N2O4/c1-14-8-10-18(11-9-14)23-13-16(12-19(23)24)21(26)27-15(2)20(25)22-17-6-4-3-5-7-17/h8-11,15-17H,3-7,12-13H2,1-2H3,(H,22,25)/t15-,16+/m1/s1. The van der Waals surface area contributed by atoms with Gasteiger partial charge in [0.25, 0.3) is 5.91 Å². The van der Waals surface area contributed by atoms with Gasteiger partial charge in [0, 0.05) is 24.7 Å². The van der Waals surface area contributed by atoms with Crippen LogP contribution in [-0.2, 0) is 19.1 Å². The Bertz CT molecular complexity index is 695. The van der Waals surface area contributed by atoms with Crippen molar-refractivity contribution in [2.45, 2.75) is 64.5 Å². The zero-order valence-corrected chi connectivity index (χ0v) is 16.1. The number of aryl methyl sites for hydroxylation is 1. The molecule has 1 aliphatic heterocycles. The summed E-state index contributed by atoms with van der Waals surface area (Å²) in [5, 5.41) is 2.97. The third-order valence-corrected chi connectivity index (χ3v) is 5.42. The minimum atomic E-state index is -0.844. The first-order chi connectivity index (χ1) is 12.9. The number of esters is 1. The number of amides is 2. The molecule has 2 fully saturated rings. The number of carbonyl (C=O) groups excluding carboxylic acids is 3. The first-order valence-corrected chi connectivity index (χ1v) is 9.82. The first-order valence-electron chi connectivity index (χ1n) is 9.82. The van der Waals surface area contributed by atoms with Crippen LogP contribution < -0.4 is 10.2 Å². The van der Waals surface area contributed by atoms with E-state index in [4.69, 9.17) is 4.74 Å². The van der Waals surface area contributed by atoms with Crippen LogP contribution in [0.4, 0.5) is 5.69 Å². The van der Waals surface area contributed by atoms with Gasteiger partial charge in [-0.05, 0) is 38.8 Å². The Balaban J connectivity index is 1.52. The molecule has 0 radical (unpaired) electrons. The normalized spacial score (nSPS) is 21.8. The van der Waals surface area contributed by atoms with Gasteiger partial charge in [-0.3, -0.25) is 14.4 Å². The first kappa shape index (κ1) is 19.4. The summed E-state index contributed by atoms with van der Waals surface area (Å²) in [6.45, 7) is 3.86. The van der Waals surface area contributed by atoms with Gasteiger partial charge in [0.2, 0.25) is 5.91 Å². The highest BCUT2D eigenvalue weighted by Gasteiger charge is 2.37. The maximum atomic E-state index is 12.4. The van der Waals surface area contributed by atoms with Crippen LogP contribution in [0.2, 0.25) is 0 Å². The van der Waals surface area contributed by atoms with Crippen molar-refractivity contribution >= 4 is 23.5 Å². The van der Waals surface area contributed by atoms with E-state index in [0.717, 1.165) is 36.9 Å². The van der Waals surface area contributed by atoms with Crippen molar-refractivity contribution in [2.75, 3.05) is 11.4 Å². The molecule has 1 saturated carbocycles. The average molecular weight is 372 g/mol. The van der Waals surface area contributed by atoms with E-state index in [-0.39, 0.29) is 30.8 Å². The summed E-state index contributed by atoms with van der Waals surface area (Å²) in [7, 11) is 0. The summed E-state index contributed by atoms with van der Waals surface area (Å²) in [4.78, 5) is 38.6. The Kier molecular flexibility index (Phi) is 6.14. The molecule has 0 spiro atoms. The monoisotopic (exact) mass is 372 g/mol. The summed E-state index contributed by atoms with van der Waals surface area (Å²) < 4.78 is 5.36. The predicted octanol–water partition coefficient (Wildman–Crippen LogP) is 2.73. The largest absolute Gasteiger partial charge is 0.452 e. The van der Waals surface area contributed by atoms with Gasteiger partial charge in [0.05, 0.1) is 5.92 Å². The zero-order valence-electron chi connectivity index (χ0n) is 16.1. The van der Waals surface area contributed by atoms with Gasteiger partial charge in [-0.2, -0.15) is 0 Å². The van der Waals surface area contributed by atoms with E-state index in [9.17, 15) is 14.4 Å². The van der Waals surface area contributed by atoms with Crippen LogP contribution in [0.1, 0.15) is 51.0 Å². The summed E-state index contributed by atoms with van der Waals surface area (Å²) in [5.74, 6) is -1.37. The molecule has 1 aliphatic carbocycles. The molecule has 0 aromatic heterocycles. The minimum absolute atomic E-state index is 0.0971. The molecule has 1 aromatic rings. The number of rotatable bonds is 5. The van der Waals surface area contributed by atoms with Gasteiger partial charge in [0.15, 0.2) is 6.10 Å². The van der Waals surface area contributed by atoms with Crippen LogP contribution in [-0.4, -0.2) is 36.5 Å². The van der Waals surface area contributed by atoms with Crippen LogP contribution in [0.5, 0.6) is 0 Å². The number of ether oxygens (including phenoxy) is 1. The lowest BCUT2D eigenvalue weighted by Gasteiger charge is -2.24. The molecule has 146 valence electrons. The lowest BCUT2D eigenvalue weighted by Crippen LogP contribution is -2.43. The fourth-order valence-electron chi connectivity index (χ4n) is 3.73. The highest BCUT2D eigenvalue weighted by atomic mass is 16.5. The molecule has 1 heterocycles. The van der Waals surface area contributed by atoms with E-state index in [2.05, 4.69) is 5.32 Å². The van der Waals surface area contributed by atoms with Crippen molar-refractivity contribution in [3.05, 3.63) is 29.8 Å². The smallest absolute Gasteiger partial charge is 0.312 e. The molecule has 1 aromatic carbocycles. The van der Waals surface area contributed by atoms with Gasteiger partial charge < -0.3 is 15.0 Å². The molecular formula is C21H28N2O4. The van der Waals surface area contributed by atoms with Gasteiger partial charge in [-0.1, -0.05) is 37.0 Å². The quantitative estimate of drug-likeness (QED) is 0.807. The topological polar surface area (TPSA) is 75.7 Å². The molecular weight excluding hydrogens is 344 g/mol. The van der Waals surface area contributed by atoms with Crippen molar-refractivity contribution in [1.82, 2.24) is 5.32 Å². The van der Waals surface area contributed by atoms with E-state index in [1.165, 1.54) is 6.42 Å². The Hall–Kier alpha value is -2.37. The number of benzene rings is 1. The molecule has 3 rings (SSSR count). The fourth-order valence-corrected chi connectivity index (χ4v) is 3.73. The van der Waals surface area contributed by atoms with Crippen molar-refractivity contribution in [2.24, 2.45) is 5.92 Å². The lowest BCUT2D eigenvalue weighted by atomic mass is 9.95. The van der Waals surface area contributed by atoms with Crippen molar-refractivity contribution < 1.29 is 19.1 Å². The Morgan fingerprint density at radius 2 is 1.81 bits per heavy atom. The van der Waals surface area contributed by atoms with Crippen LogP contribution in [0, 0.1) is 12.8 Å². The Morgan fingerprint density at radius 1 is 1.15 bits per heavy atom. The molecule has 1 saturated heterocycles. The molecule has 1 N–H and O–H groups in total. The van der Waals surface area contributed by atoms with Gasteiger partial charge in [-0.15, -0.1) is 0 Å². The maximum Gasteiger partial charge on any atom is 0.312 e. The lowest BCUT2D eigenvalue weighted by molar-refractivity contribution is -0.158. The molecule has 0 bridgehead atoms. The highest BCUT2D eigenvalue weighted by molar-refractivity contribution is 5.99. The maximum absolute atomic E-state index is 12.4. The predicted molar refractivity (Wildman–Crippen MR) is 102 cm³/mol. The molecule has 0 unspecified atom stereocenters. The SMILES string of the molecule is Cc1ccc(N2C[C@@H](C(=O)O[C@H](C)C(=O)NC3CCCCC3)CC2=O)cc1. The molecule has 2 atom stereocenters. The number of anilines is 1. The third kappa shape index (κ3) is 4.87. The number of nitrogens with one attached hydrogen (secondary N) is 1. The Morgan fingerprint density at radius 3 is 2.48 bits per heavy atom. The number of carbonyl (C=O) groups is 3. The van der Waals surface area contributed by atoms with Crippen LogP contribution in [0.25, 0.3) is 0 Å². The molecule has 6 heteroatoms. The van der Waals surface area contributed by atoms with E-state index in [0.29, 0.717) is 0 Å². The number of nitrogens with zero attached hydrogens (tertiary/aromatic N) is 1. The molecule has 2 aliphatic rings. The molecule has 27 heavy (non-hydrogen) atoms. The molecule has 6 nitrogen and oxygen atoms in total. The van der Waals surface area contributed by atoms with Crippen molar-refractivity contribution in [3.63, 3.8) is 0 Å². The second kappa shape index (κ2) is 8.55. The zero-order chi connectivity index (χ0) is 19.4. The summed E-state index contributed by atoms with van der Waals surface area (Å²) >= 11 is 0. The average Bonchev–Trinajstić information content (AvgIpc) is 3.05. The van der Waals surface area contributed by atoms with Gasteiger partial charge in [0.1, 0.15) is 0 Å². The van der Waals surface area contributed by atoms with Gasteiger partial charge >= 0.3 is 5.97 Å². The van der Waals surface area contributed by atoms with E-state index >= 15 is 0 Å². The van der Waals surface area contributed by atoms with E-state index in [1.54, 1.807) is 11.8 Å².